The summed E-state index contributed by atoms with van der Waals surface area (Å²) in [6, 6.07) is 5.76. The highest BCUT2D eigenvalue weighted by atomic mass is 32.2. The van der Waals surface area contributed by atoms with Crippen LogP contribution < -0.4 is 5.32 Å². The van der Waals surface area contributed by atoms with Crippen LogP contribution in [-0.2, 0) is 14.6 Å². The van der Waals surface area contributed by atoms with Crippen molar-refractivity contribution < 1.29 is 22.0 Å². The van der Waals surface area contributed by atoms with Gasteiger partial charge in [-0.2, -0.15) is 0 Å². The van der Waals surface area contributed by atoms with Crippen LogP contribution in [-0.4, -0.2) is 42.9 Å². The summed E-state index contributed by atoms with van der Waals surface area (Å²) in [5.41, 5.74) is 0.628. The zero-order valence-electron chi connectivity index (χ0n) is 15.0. The van der Waals surface area contributed by atoms with Gasteiger partial charge in [0.1, 0.15) is 12.3 Å². The van der Waals surface area contributed by atoms with Gasteiger partial charge in [-0.25, -0.2) is 22.2 Å². The third-order valence-electron chi connectivity index (χ3n) is 4.49. The normalized spacial score (nSPS) is 22.8. The molecule has 1 aromatic carbocycles. The SMILES string of the molecule is CS(=O)(=O)c1ccc(/C(=C\[C@H]2C[C@@H](F)[C@@H](F)C2)C(=O)Nc2cnccn2)cc1. The van der Waals surface area contributed by atoms with Gasteiger partial charge in [0.25, 0.3) is 5.91 Å². The molecule has 3 atom stereocenters. The Morgan fingerprint density at radius 1 is 1.14 bits per heavy atom. The minimum absolute atomic E-state index is 0.00941. The number of sulfone groups is 1. The molecule has 1 aliphatic rings. The third kappa shape index (κ3) is 4.78. The summed E-state index contributed by atoms with van der Waals surface area (Å²) in [6.07, 6.45) is 3.72. The molecule has 0 saturated heterocycles. The Balaban J connectivity index is 1.93. The van der Waals surface area contributed by atoms with Crippen molar-refractivity contribution in [3.05, 3.63) is 54.5 Å². The predicted octanol–water partition coefficient (Wildman–Crippen LogP) is 2.99. The Morgan fingerprint density at radius 3 is 2.32 bits per heavy atom. The van der Waals surface area contributed by atoms with Crippen LogP contribution in [0, 0.1) is 5.92 Å². The molecule has 1 saturated carbocycles. The molecule has 28 heavy (non-hydrogen) atoms. The summed E-state index contributed by atoms with van der Waals surface area (Å²) < 4.78 is 50.4. The van der Waals surface area contributed by atoms with E-state index in [1.807, 2.05) is 0 Å². The van der Waals surface area contributed by atoms with Crippen molar-refractivity contribution in [1.29, 1.82) is 0 Å². The van der Waals surface area contributed by atoms with E-state index < -0.39 is 34.0 Å². The molecule has 1 heterocycles. The number of halogens is 2. The molecule has 148 valence electrons. The van der Waals surface area contributed by atoms with E-state index in [0.717, 1.165) is 6.26 Å². The number of allylic oxidation sites excluding steroid dienone is 1. The first-order valence-electron chi connectivity index (χ1n) is 8.62. The summed E-state index contributed by atoms with van der Waals surface area (Å²) in [6.45, 7) is 0. The topological polar surface area (TPSA) is 89.0 Å². The zero-order valence-corrected chi connectivity index (χ0v) is 15.9. The second-order valence-electron chi connectivity index (χ2n) is 6.69. The van der Waals surface area contributed by atoms with E-state index in [1.54, 1.807) is 0 Å². The summed E-state index contributed by atoms with van der Waals surface area (Å²) in [7, 11) is -3.39. The fourth-order valence-electron chi connectivity index (χ4n) is 3.07. The highest BCUT2D eigenvalue weighted by molar-refractivity contribution is 7.90. The summed E-state index contributed by atoms with van der Waals surface area (Å²) >= 11 is 0. The van der Waals surface area contributed by atoms with E-state index in [9.17, 15) is 22.0 Å². The number of anilines is 1. The molecule has 0 radical (unpaired) electrons. The average Bonchev–Trinajstić information content (AvgIpc) is 2.97. The number of aromatic nitrogens is 2. The van der Waals surface area contributed by atoms with Crippen LogP contribution in [0.25, 0.3) is 5.57 Å². The van der Waals surface area contributed by atoms with Crippen molar-refractivity contribution in [2.45, 2.75) is 30.1 Å². The maximum atomic E-state index is 13.6. The fraction of sp³-hybridized carbons (Fsp3) is 0.316. The third-order valence-corrected chi connectivity index (χ3v) is 5.62. The molecule has 2 aromatic rings. The van der Waals surface area contributed by atoms with Gasteiger partial charge >= 0.3 is 0 Å². The zero-order chi connectivity index (χ0) is 20.3. The van der Waals surface area contributed by atoms with E-state index in [1.165, 1.54) is 48.9 Å². The van der Waals surface area contributed by atoms with Gasteiger partial charge in [0.15, 0.2) is 15.7 Å². The molecular formula is C19H19F2N3O3S. The molecule has 1 N–H and O–H groups in total. The number of hydrogen-bond donors (Lipinski definition) is 1. The number of nitrogens with zero attached hydrogens (tertiary/aromatic N) is 2. The molecule has 3 rings (SSSR count). The number of benzene rings is 1. The maximum absolute atomic E-state index is 13.6. The van der Waals surface area contributed by atoms with E-state index in [2.05, 4.69) is 15.3 Å². The number of carbonyl (C=O) groups is 1. The van der Waals surface area contributed by atoms with E-state index in [-0.39, 0.29) is 29.1 Å². The number of rotatable bonds is 5. The van der Waals surface area contributed by atoms with E-state index >= 15 is 0 Å². The minimum Gasteiger partial charge on any atom is -0.305 e. The van der Waals surface area contributed by atoms with Crippen LogP contribution in [0.1, 0.15) is 18.4 Å². The van der Waals surface area contributed by atoms with Crippen molar-refractivity contribution >= 4 is 27.1 Å². The number of alkyl halides is 2. The van der Waals surface area contributed by atoms with Crippen LogP contribution in [0.3, 0.4) is 0 Å². The van der Waals surface area contributed by atoms with Crippen molar-refractivity contribution in [3.63, 3.8) is 0 Å². The lowest BCUT2D eigenvalue weighted by Gasteiger charge is -2.12. The smallest absolute Gasteiger partial charge is 0.257 e. The fourth-order valence-corrected chi connectivity index (χ4v) is 3.70. The number of amides is 1. The van der Waals surface area contributed by atoms with Gasteiger partial charge in [-0.1, -0.05) is 18.2 Å². The molecular weight excluding hydrogens is 388 g/mol. The van der Waals surface area contributed by atoms with Crippen LogP contribution in [0.5, 0.6) is 0 Å². The van der Waals surface area contributed by atoms with Gasteiger partial charge in [-0.05, 0) is 36.5 Å². The highest BCUT2D eigenvalue weighted by Crippen LogP contribution is 2.34. The Labute approximate surface area is 161 Å². The maximum Gasteiger partial charge on any atom is 0.257 e. The summed E-state index contributed by atoms with van der Waals surface area (Å²) in [4.78, 5) is 20.7. The van der Waals surface area contributed by atoms with Gasteiger partial charge in [0, 0.05) is 24.2 Å². The van der Waals surface area contributed by atoms with E-state index in [0.29, 0.717) is 5.56 Å². The predicted molar refractivity (Wildman–Crippen MR) is 101 cm³/mol. The molecule has 0 spiro atoms. The molecule has 1 aliphatic carbocycles. The molecule has 1 amide bonds. The van der Waals surface area contributed by atoms with Gasteiger partial charge in [-0.15, -0.1) is 0 Å². The Hall–Kier alpha value is -2.68. The molecule has 1 fully saturated rings. The number of nitrogens with one attached hydrogen (secondary N) is 1. The van der Waals surface area contributed by atoms with Gasteiger partial charge in [0.2, 0.25) is 0 Å². The number of carbonyl (C=O) groups excluding carboxylic acids is 1. The van der Waals surface area contributed by atoms with Crippen molar-refractivity contribution in [2.75, 3.05) is 11.6 Å². The van der Waals surface area contributed by atoms with Gasteiger partial charge in [0.05, 0.1) is 11.1 Å². The Bertz CT molecular complexity index is 969. The minimum atomic E-state index is -3.39. The first-order valence-corrected chi connectivity index (χ1v) is 10.5. The van der Waals surface area contributed by atoms with Crippen LogP contribution in [0.2, 0.25) is 0 Å². The van der Waals surface area contributed by atoms with Crippen molar-refractivity contribution in [2.24, 2.45) is 5.92 Å². The molecule has 0 aliphatic heterocycles. The summed E-state index contributed by atoms with van der Waals surface area (Å²) in [5.74, 6) is -0.739. The summed E-state index contributed by atoms with van der Waals surface area (Å²) in [5, 5.41) is 2.60. The van der Waals surface area contributed by atoms with Crippen molar-refractivity contribution in [3.8, 4) is 0 Å². The van der Waals surface area contributed by atoms with Gasteiger partial charge in [-0.3, -0.25) is 9.78 Å². The lowest BCUT2D eigenvalue weighted by molar-refractivity contribution is -0.111. The van der Waals surface area contributed by atoms with E-state index in [4.69, 9.17) is 0 Å². The van der Waals surface area contributed by atoms with Crippen LogP contribution >= 0.6 is 0 Å². The number of hydrogen-bond acceptors (Lipinski definition) is 5. The molecule has 0 bridgehead atoms. The average molecular weight is 407 g/mol. The highest BCUT2D eigenvalue weighted by Gasteiger charge is 2.34. The first kappa shape index (κ1) is 20.1. The lowest BCUT2D eigenvalue weighted by atomic mass is 9.98. The van der Waals surface area contributed by atoms with Crippen LogP contribution in [0.15, 0.2) is 53.8 Å². The second kappa shape index (κ2) is 8.14. The quantitative estimate of drug-likeness (QED) is 0.770. The Kier molecular flexibility index (Phi) is 5.83. The molecule has 0 unspecified atom stereocenters. The largest absolute Gasteiger partial charge is 0.305 e. The lowest BCUT2D eigenvalue weighted by Crippen LogP contribution is -2.16. The Morgan fingerprint density at radius 2 is 1.79 bits per heavy atom. The molecule has 1 aromatic heterocycles. The molecule has 6 nitrogen and oxygen atoms in total. The second-order valence-corrected chi connectivity index (χ2v) is 8.70. The molecule has 9 heteroatoms. The monoisotopic (exact) mass is 407 g/mol. The van der Waals surface area contributed by atoms with Crippen molar-refractivity contribution in [1.82, 2.24) is 9.97 Å². The van der Waals surface area contributed by atoms with Gasteiger partial charge < -0.3 is 5.32 Å². The standard InChI is InChI=1S/C19H19F2N3O3S/c1-28(26,27)14-4-2-13(3-5-14)15(8-12-9-16(20)17(21)10-12)19(25)24-18-11-22-6-7-23-18/h2-8,11-12,16-17H,9-10H2,1H3,(H,23,24,25)/b15-8+/t12-,16+,17-. The first-order chi connectivity index (χ1) is 13.2. The van der Waals surface area contributed by atoms with Crippen LogP contribution in [0.4, 0.5) is 14.6 Å².